The van der Waals surface area contributed by atoms with Crippen molar-refractivity contribution in [2.75, 3.05) is 46.4 Å². The highest BCUT2D eigenvalue weighted by Crippen LogP contribution is 2.25. The third-order valence-corrected chi connectivity index (χ3v) is 8.05. The maximum absolute atomic E-state index is 13.6. The van der Waals surface area contributed by atoms with E-state index < -0.39 is 0 Å². The molecular formula is C33H35Cl2N2O3+. The minimum absolute atomic E-state index is 0.0812. The SMILES string of the molecule is CC[N+](C)(CC)CCOc1ccc(C(=O)N2C/C(=C\c3ccc(Cl)cc3)C(=O)/C(=C/c3ccc(Cl)cc3)C2)cc1. The zero-order valence-corrected chi connectivity index (χ0v) is 24.7. The van der Waals surface area contributed by atoms with Crippen LogP contribution < -0.4 is 4.74 Å². The number of Topliss-reactive ketones (excluding diaryl/α,β-unsaturated/α-hetero) is 1. The van der Waals surface area contributed by atoms with Crippen molar-refractivity contribution in [2.24, 2.45) is 0 Å². The van der Waals surface area contributed by atoms with E-state index in [9.17, 15) is 9.59 Å². The molecule has 1 amide bonds. The van der Waals surface area contributed by atoms with Crippen molar-refractivity contribution in [3.8, 4) is 5.75 Å². The van der Waals surface area contributed by atoms with Crippen LogP contribution in [0.15, 0.2) is 83.9 Å². The quantitative estimate of drug-likeness (QED) is 0.202. The molecule has 0 spiro atoms. The van der Waals surface area contributed by atoms with Crippen LogP contribution in [0.4, 0.5) is 0 Å². The van der Waals surface area contributed by atoms with E-state index in [0.717, 1.165) is 41.0 Å². The Labute approximate surface area is 246 Å². The zero-order chi connectivity index (χ0) is 28.7. The lowest BCUT2D eigenvalue weighted by atomic mass is 9.93. The van der Waals surface area contributed by atoms with Crippen LogP contribution in [0.3, 0.4) is 0 Å². The second-order valence-electron chi connectivity index (χ2n) is 10.3. The Hall–Kier alpha value is -3.38. The number of hydrogen-bond acceptors (Lipinski definition) is 3. The molecule has 0 saturated carbocycles. The molecular weight excluding hydrogens is 543 g/mol. The molecule has 1 aliphatic rings. The van der Waals surface area contributed by atoms with Crippen LogP contribution in [0.5, 0.6) is 5.75 Å². The summed E-state index contributed by atoms with van der Waals surface area (Å²) in [5.74, 6) is 0.502. The minimum Gasteiger partial charge on any atom is -0.488 e. The van der Waals surface area contributed by atoms with Gasteiger partial charge in [0.15, 0.2) is 5.78 Å². The van der Waals surface area contributed by atoms with Crippen LogP contribution >= 0.6 is 23.2 Å². The van der Waals surface area contributed by atoms with Crippen LogP contribution in [0.25, 0.3) is 12.2 Å². The van der Waals surface area contributed by atoms with Crippen molar-refractivity contribution in [1.82, 2.24) is 4.90 Å². The molecule has 1 fully saturated rings. The van der Waals surface area contributed by atoms with Gasteiger partial charge in [-0.15, -0.1) is 0 Å². The molecule has 0 aromatic heterocycles. The molecule has 0 aliphatic carbocycles. The predicted octanol–water partition coefficient (Wildman–Crippen LogP) is 7.05. The number of likely N-dealkylation sites (tertiary alicyclic amines) is 1. The first-order valence-electron chi connectivity index (χ1n) is 13.5. The van der Waals surface area contributed by atoms with Crippen molar-refractivity contribution in [3.63, 3.8) is 0 Å². The molecule has 0 bridgehead atoms. The van der Waals surface area contributed by atoms with E-state index in [1.54, 1.807) is 41.3 Å². The number of carbonyl (C=O) groups excluding carboxylic acids is 2. The molecule has 208 valence electrons. The molecule has 1 aliphatic heterocycles. The smallest absolute Gasteiger partial charge is 0.254 e. The molecule has 1 saturated heterocycles. The predicted molar refractivity (Wildman–Crippen MR) is 164 cm³/mol. The lowest BCUT2D eigenvalue weighted by molar-refractivity contribution is -0.906. The van der Waals surface area contributed by atoms with Crippen molar-refractivity contribution in [3.05, 3.63) is 111 Å². The Balaban J connectivity index is 1.55. The van der Waals surface area contributed by atoms with Crippen LogP contribution in [0.1, 0.15) is 35.3 Å². The highest BCUT2D eigenvalue weighted by Gasteiger charge is 2.29. The molecule has 3 aromatic rings. The lowest BCUT2D eigenvalue weighted by Gasteiger charge is -2.31. The first kappa shape index (κ1) is 29.6. The number of ether oxygens (including phenoxy) is 1. The van der Waals surface area contributed by atoms with Crippen molar-refractivity contribution >= 4 is 47.0 Å². The number of carbonyl (C=O) groups is 2. The average molecular weight is 579 g/mol. The van der Waals surface area contributed by atoms with Crippen LogP contribution in [0, 0.1) is 0 Å². The number of halogens is 2. The number of benzene rings is 3. The number of amides is 1. The maximum Gasteiger partial charge on any atom is 0.254 e. The van der Waals surface area contributed by atoms with Crippen molar-refractivity contribution < 1.29 is 18.8 Å². The number of piperidine rings is 1. The second-order valence-corrected chi connectivity index (χ2v) is 11.2. The average Bonchev–Trinajstić information content (AvgIpc) is 2.97. The van der Waals surface area contributed by atoms with Crippen LogP contribution in [-0.4, -0.2) is 67.5 Å². The number of nitrogens with zero attached hydrogens (tertiary/aromatic N) is 2. The Bertz CT molecular complexity index is 1320. The lowest BCUT2D eigenvalue weighted by Crippen LogP contribution is -2.46. The molecule has 1 heterocycles. The molecule has 5 nitrogen and oxygen atoms in total. The Morgan fingerprint density at radius 2 is 1.30 bits per heavy atom. The summed E-state index contributed by atoms with van der Waals surface area (Å²) in [7, 11) is 2.22. The van der Waals surface area contributed by atoms with Gasteiger partial charge in [-0.25, -0.2) is 0 Å². The largest absolute Gasteiger partial charge is 0.488 e. The maximum atomic E-state index is 13.6. The summed E-state index contributed by atoms with van der Waals surface area (Å²) in [5, 5.41) is 1.24. The van der Waals surface area contributed by atoms with Gasteiger partial charge in [0.05, 0.1) is 33.2 Å². The first-order chi connectivity index (χ1) is 19.2. The Kier molecular flexibility index (Phi) is 9.85. The fourth-order valence-electron chi connectivity index (χ4n) is 4.50. The highest BCUT2D eigenvalue weighted by molar-refractivity contribution is 6.31. The number of likely N-dealkylation sites (N-methyl/N-ethyl adjacent to an activating group) is 1. The molecule has 0 radical (unpaired) electrons. The van der Waals surface area contributed by atoms with Gasteiger partial charge in [-0.2, -0.15) is 0 Å². The number of rotatable bonds is 9. The molecule has 3 aromatic carbocycles. The standard InChI is InChI=1S/C33H35Cl2N2O3/c1-4-37(3,5-2)18-19-40-31-16-10-26(11-17-31)33(39)36-22-27(20-24-6-12-29(34)13-7-24)32(38)28(23-36)21-25-8-14-30(35)15-9-25/h6-17,20-21H,4-5,18-19,22-23H2,1-3H3/q+1/b27-20+,28-21+. The van der Waals surface area contributed by atoms with Gasteiger partial charge in [0.25, 0.3) is 5.91 Å². The van der Waals surface area contributed by atoms with Crippen LogP contribution in [-0.2, 0) is 4.79 Å². The Morgan fingerprint density at radius 1 is 0.825 bits per heavy atom. The van der Waals surface area contributed by atoms with E-state index in [2.05, 4.69) is 20.9 Å². The van der Waals surface area contributed by atoms with E-state index >= 15 is 0 Å². The van der Waals surface area contributed by atoms with E-state index in [1.165, 1.54) is 0 Å². The van der Waals surface area contributed by atoms with Crippen LogP contribution in [0.2, 0.25) is 10.0 Å². The third kappa shape index (κ3) is 7.63. The number of ketones is 1. The summed E-state index contributed by atoms with van der Waals surface area (Å²) < 4.78 is 6.91. The third-order valence-electron chi connectivity index (χ3n) is 7.54. The van der Waals surface area contributed by atoms with Crippen molar-refractivity contribution in [2.45, 2.75) is 13.8 Å². The van der Waals surface area contributed by atoms with E-state index in [1.807, 2.05) is 48.6 Å². The second kappa shape index (κ2) is 13.3. The summed E-state index contributed by atoms with van der Waals surface area (Å²) in [6, 6.07) is 21.8. The molecule has 7 heteroatoms. The van der Waals surface area contributed by atoms with E-state index in [4.69, 9.17) is 27.9 Å². The highest BCUT2D eigenvalue weighted by atomic mass is 35.5. The van der Waals surface area contributed by atoms with Gasteiger partial charge in [0.2, 0.25) is 0 Å². The summed E-state index contributed by atoms with van der Waals surface area (Å²) in [5.41, 5.74) is 3.30. The van der Waals surface area contributed by atoms with Gasteiger partial charge >= 0.3 is 0 Å². The normalized spacial score (nSPS) is 16.0. The summed E-state index contributed by atoms with van der Waals surface area (Å²) >= 11 is 12.1. The van der Waals surface area contributed by atoms with Gasteiger partial charge in [0.1, 0.15) is 18.9 Å². The topological polar surface area (TPSA) is 46.6 Å². The molecule has 0 atom stereocenters. The molecule has 4 rings (SSSR count). The minimum atomic E-state index is -0.149. The first-order valence-corrected chi connectivity index (χ1v) is 14.3. The van der Waals surface area contributed by atoms with E-state index in [-0.39, 0.29) is 24.8 Å². The zero-order valence-electron chi connectivity index (χ0n) is 23.2. The van der Waals surface area contributed by atoms with Gasteiger partial charge < -0.3 is 14.1 Å². The Morgan fingerprint density at radius 3 is 1.75 bits per heavy atom. The molecule has 0 unspecified atom stereocenters. The van der Waals surface area contributed by atoms with Gasteiger partial charge in [0, 0.05) is 26.8 Å². The van der Waals surface area contributed by atoms with Gasteiger partial charge in [-0.05, 0) is 85.7 Å². The number of quaternary nitrogens is 1. The van der Waals surface area contributed by atoms with Gasteiger partial charge in [-0.3, -0.25) is 9.59 Å². The van der Waals surface area contributed by atoms with Crippen molar-refractivity contribution in [1.29, 1.82) is 0 Å². The molecule has 40 heavy (non-hydrogen) atoms. The summed E-state index contributed by atoms with van der Waals surface area (Å²) in [4.78, 5) is 28.8. The monoisotopic (exact) mass is 577 g/mol. The molecule has 0 N–H and O–H groups in total. The fourth-order valence-corrected chi connectivity index (χ4v) is 4.76. The summed E-state index contributed by atoms with van der Waals surface area (Å²) in [6.45, 7) is 8.41. The fraction of sp³-hybridized carbons (Fsp3) is 0.273. The summed E-state index contributed by atoms with van der Waals surface area (Å²) in [6.07, 6.45) is 3.65. The van der Waals surface area contributed by atoms with E-state index in [0.29, 0.717) is 33.4 Å². The number of hydrogen-bond donors (Lipinski definition) is 0. The van der Waals surface area contributed by atoms with Gasteiger partial charge in [-0.1, -0.05) is 47.5 Å².